The summed E-state index contributed by atoms with van der Waals surface area (Å²) in [5.41, 5.74) is 3.40. The first kappa shape index (κ1) is 19.1. The number of anilines is 3. The van der Waals surface area contributed by atoms with Crippen LogP contribution in [-0.4, -0.2) is 38.2 Å². The molecule has 0 fully saturated rings. The number of hydrogen-bond acceptors (Lipinski definition) is 12. The van der Waals surface area contributed by atoms with Gasteiger partial charge in [-0.3, -0.25) is 15.5 Å². The lowest BCUT2D eigenvalue weighted by molar-refractivity contribution is -0.385. The zero-order valence-corrected chi connectivity index (χ0v) is 15.9. The van der Waals surface area contributed by atoms with E-state index in [2.05, 4.69) is 40.8 Å². The van der Waals surface area contributed by atoms with Crippen LogP contribution in [0, 0.1) is 15.9 Å². The third-order valence-corrected chi connectivity index (χ3v) is 4.31. The van der Waals surface area contributed by atoms with Gasteiger partial charge in [-0.25, -0.2) is 14.0 Å². The number of hydrogen-bond donors (Lipinski definition) is 2. The van der Waals surface area contributed by atoms with Crippen molar-refractivity contribution in [3.05, 3.63) is 57.9 Å². The predicted octanol–water partition coefficient (Wildman–Crippen LogP) is 2.98. The van der Waals surface area contributed by atoms with Gasteiger partial charge < -0.3 is 14.8 Å². The summed E-state index contributed by atoms with van der Waals surface area (Å²) in [6, 6.07) is 8.26. The molecule has 1 aliphatic heterocycles. The summed E-state index contributed by atoms with van der Waals surface area (Å²) in [5.74, 6) is 0.563. The fourth-order valence-electron chi connectivity index (χ4n) is 2.84. The second-order valence-electron chi connectivity index (χ2n) is 6.36. The molecule has 0 radical (unpaired) electrons. The number of nitrogens with zero attached hydrogens (tertiary/aromatic N) is 6. The van der Waals surface area contributed by atoms with Crippen molar-refractivity contribution < 1.29 is 23.4 Å². The average Bonchev–Trinajstić information content (AvgIpc) is 3.43. The Bertz CT molecular complexity index is 1360. The Labute approximate surface area is 177 Å². The van der Waals surface area contributed by atoms with Crippen LogP contribution in [0.25, 0.3) is 11.3 Å². The smallest absolute Gasteiger partial charge is 0.282 e. The van der Waals surface area contributed by atoms with Crippen LogP contribution < -0.4 is 20.2 Å². The lowest BCUT2D eigenvalue weighted by Crippen LogP contribution is -2.03. The number of fused-ring (bicyclic) bond motifs is 2. The number of nitro benzene ring substituents is 1. The second kappa shape index (κ2) is 7.75. The Kier molecular flexibility index (Phi) is 4.63. The fourth-order valence-corrected chi connectivity index (χ4v) is 2.84. The van der Waals surface area contributed by atoms with Gasteiger partial charge in [0.25, 0.3) is 5.69 Å². The number of nitro groups is 1. The van der Waals surface area contributed by atoms with Gasteiger partial charge in [-0.05, 0) is 40.6 Å². The molecule has 0 atom stereocenters. The van der Waals surface area contributed by atoms with Crippen LogP contribution in [0.5, 0.6) is 11.5 Å². The quantitative estimate of drug-likeness (QED) is 0.258. The highest BCUT2D eigenvalue weighted by Crippen LogP contribution is 2.37. The molecular weight excluding hydrogens is 427 g/mol. The highest BCUT2D eigenvalue weighted by molar-refractivity contribution is 5.88. The average molecular weight is 438 g/mol. The first-order valence-electron chi connectivity index (χ1n) is 8.97. The predicted molar refractivity (Wildman–Crippen MR) is 108 cm³/mol. The Hall–Kier alpha value is -4.88. The topological polar surface area (TPSA) is 163 Å². The van der Waals surface area contributed by atoms with Crippen molar-refractivity contribution in [1.82, 2.24) is 20.3 Å². The van der Waals surface area contributed by atoms with Crippen LogP contribution in [0.15, 0.2) is 46.1 Å². The maximum Gasteiger partial charge on any atom is 0.282 e. The Morgan fingerprint density at radius 1 is 1.06 bits per heavy atom. The number of hydrazone groups is 1. The molecule has 0 saturated carbocycles. The molecule has 2 aromatic heterocycles. The monoisotopic (exact) mass is 438 g/mol. The molecular formula is C18H11FN8O5. The van der Waals surface area contributed by atoms with E-state index >= 15 is 0 Å². The molecule has 1 aliphatic rings. The van der Waals surface area contributed by atoms with Gasteiger partial charge in [0.2, 0.25) is 18.1 Å². The van der Waals surface area contributed by atoms with E-state index in [9.17, 15) is 14.5 Å². The van der Waals surface area contributed by atoms with Crippen LogP contribution in [-0.2, 0) is 0 Å². The van der Waals surface area contributed by atoms with Crippen molar-refractivity contribution >= 4 is 40.5 Å². The van der Waals surface area contributed by atoms with Crippen molar-refractivity contribution in [3.63, 3.8) is 0 Å². The molecule has 0 unspecified atom stereocenters. The zero-order valence-electron chi connectivity index (χ0n) is 15.9. The third kappa shape index (κ3) is 3.67. The summed E-state index contributed by atoms with van der Waals surface area (Å²) in [5, 5.41) is 25.7. The fraction of sp³-hybridized carbons (Fsp3) is 0.0556. The van der Waals surface area contributed by atoms with E-state index in [1.807, 2.05) is 0 Å². The molecule has 3 heterocycles. The molecule has 4 aromatic rings. The first-order valence-corrected chi connectivity index (χ1v) is 8.97. The molecule has 0 amide bonds. The standard InChI is InChI=1S/C18H11FN8O5/c19-10-1-3-11(4-2-10)21-15-16(23-18-17(22-15)25-32-26-18)24-20-7-9-5-13-14(31-8-30-13)6-12(9)27(28)29/h1-7H,8H2,(H,21,22,25)(H,23,24,26). The number of benzene rings is 2. The van der Waals surface area contributed by atoms with E-state index in [4.69, 9.17) is 9.47 Å². The van der Waals surface area contributed by atoms with Gasteiger partial charge in [-0.1, -0.05) is 0 Å². The van der Waals surface area contributed by atoms with E-state index in [-0.39, 0.29) is 46.7 Å². The third-order valence-electron chi connectivity index (χ3n) is 4.31. The molecule has 13 nitrogen and oxygen atoms in total. The SMILES string of the molecule is O=[N+]([O-])c1cc2c(cc1C=NNc1nc3nonc3nc1Nc1ccc(F)cc1)OCO2. The van der Waals surface area contributed by atoms with Crippen molar-refractivity contribution in [2.45, 2.75) is 0 Å². The Balaban J connectivity index is 1.45. The van der Waals surface area contributed by atoms with Crippen molar-refractivity contribution in [3.8, 4) is 11.5 Å². The van der Waals surface area contributed by atoms with E-state index < -0.39 is 10.7 Å². The van der Waals surface area contributed by atoms with Gasteiger partial charge in [0.05, 0.1) is 22.8 Å². The minimum absolute atomic E-state index is 0.0227. The van der Waals surface area contributed by atoms with Crippen molar-refractivity contribution in [2.75, 3.05) is 17.5 Å². The van der Waals surface area contributed by atoms with Crippen molar-refractivity contribution in [2.24, 2.45) is 5.10 Å². The maximum atomic E-state index is 13.2. The Morgan fingerprint density at radius 2 is 1.75 bits per heavy atom. The highest BCUT2D eigenvalue weighted by atomic mass is 19.1. The van der Waals surface area contributed by atoms with E-state index in [0.717, 1.165) is 0 Å². The molecule has 0 aliphatic carbocycles. The zero-order chi connectivity index (χ0) is 22.1. The summed E-state index contributed by atoms with van der Waals surface area (Å²) < 4.78 is 28.3. The molecule has 0 saturated heterocycles. The number of rotatable bonds is 6. The molecule has 160 valence electrons. The summed E-state index contributed by atoms with van der Waals surface area (Å²) in [6.07, 6.45) is 1.23. The summed E-state index contributed by atoms with van der Waals surface area (Å²) >= 11 is 0. The van der Waals surface area contributed by atoms with E-state index in [1.165, 1.54) is 42.6 Å². The molecule has 0 spiro atoms. The van der Waals surface area contributed by atoms with Gasteiger partial charge in [0.15, 0.2) is 23.1 Å². The molecule has 5 rings (SSSR count). The summed E-state index contributed by atoms with van der Waals surface area (Å²) in [4.78, 5) is 19.3. The summed E-state index contributed by atoms with van der Waals surface area (Å²) in [6.45, 7) is -0.0227. The Morgan fingerprint density at radius 3 is 2.47 bits per heavy atom. The van der Waals surface area contributed by atoms with Gasteiger partial charge >= 0.3 is 0 Å². The number of nitrogens with one attached hydrogen (secondary N) is 2. The minimum Gasteiger partial charge on any atom is -0.454 e. The van der Waals surface area contributed by atoms with Gasteiger partial charge in [-0.2, -0.15) is 10.1 Å². The second-order valence-corrected chi connectivity index (χ2v) is 6.36. The van der Waals surface area contributed by atoms with Crippen molar-refractivity contribution in [1.29, 1.82) is 0 Å². The van der Waals surface area contributed by atoms with Gasteiger partial charge in [0, 0.05) is 5.69 Å². The van der Waals surface area contributed by atoms with E-state index in [0.29, 0.717) is 11.4 Å². The lowest BCUT2D eigenvalue weighted by Gasteiger charge is -2.09. The number of aromatic nitrogens is 4. The normalized spacial score (nSPS) is 12.4. The van der Waals surface area contributed by atoms with Crippen LogP contribution in [0.2, 0.25) is 0 Å². The first-order chi connectivity index (χ1) is 15.6. The highest BCUT2D eigenvalue weighted by Gasteiger charge is 2.22. The summed E-state index contributed by atoms with van der Waals surface area (Å²) in [7, 11) is 0. The largest absolute Gasteiger partial charge is 0.454 e. The van der Waals surface area contributed by atoms with E-state index in [1.54, 1.807) is 0 Å². The molecule has 2 N–H and O–H groups in total. The number of halogens is 1. The van der Waals surface area contributed by atoms with Crippen LogP contribution in [0.4, 0.5) is 27.4 Å². The number of ether oxygens (including phenoxy) is 2. The van der Waals surface area contributed by atoms with Crippen LogP contribution >= 0.6 is 0 Å². The molecule has 0 bridgehead atoms. The molecule has 14 heteroatoms. The van der Waals surface area contributed by atoms with Gasteiger partial charge in [0.1, 0.15) is 5.82 Å². The molecule has 2 aromatic carbocycles. The van der Waals surface area contributed by atoms with Crippen LogP contribution in [0.1, 0.15) is 5.56 Å². The molecule has 32 heavy (non-hydrogen) atoms. The minimum atomic E-state index is -0.558. The van der Waals surface area contributed by atoms with Gasteiger partial charge in [-0.15, -0.1) is 0 Å². The van der Waals surface area contributed by atoms with Crippen LogP contribution in [0.3, 0.4) is 0 Å². The maximum absolute atomic E-state index is 13.2. The lowest BCUT2D eigenvalue weighted by atomic mass is 10.1.